The molecule has 1 heterocycles. The Balaban J connectivity index is 2.20. The van der Waals surface area contributed by atoms with Crippen LogP contribution < -0.4 is 10.1 Å². The van der Waals surface area contributed by atoms with Crippen LogP contribution in [0.3, 0.4) is 0 Å². The molecule has 0 aliphatic carbocycles. The van der Waals surface area contributed by atoms with Gasteiger partial charge in [0.15, 0.2) is 11.6 Å². The molecule has 1 aromatic heterocycles. The van der Waals surface area contributed by atoms with Crippen molar-refractivity contribution < 1.29 is 9.13 Å². The average molecular weight is 293 g/mol. The van der Waals surface area contributed by atoms with Gasteiger partial charge >= 0.3 is 0 Å². The van der Waals surface area contributed by atoms with E-state index in [1.807, 2.05) is 13.1 Å². The molecule has 0 spiro atoms. The standard InChI is InChI=1S/C16H20FNOS/c1-4-12-7-8-20-16(12)14(18-2)10-11-5-6-15(19-3)13(17)9-11/h5-9,14,18H,4,10H2,1-3H3. The van der Waals surface area contributed by atoms with E-state index in [0.717, 1.165) is 18.4 Å². The first-order valence-corrected chi connectivity index (χ1v) is 7.63. The largest absolute Gasteiger partial charge is 0.494 e. The van der Waals surface area contributed by atoms with Crippen LogP contribution in [0.1, 0.15) is 29.0 Å². The Kier molecular flexibility index (Phi) is 5.15. The van der Waals surface area contributed by atoms with Crippen LogP contribution >= 0.6 is 11.3 Å². The molecule has 2 aromatic rings. The third-order valence-electron chi connectivity index (χ3n) is 3.48. The van der Waals surface area contributed by atoms with Gasteiger partial charge in [-0.2, -0.15) is 0 Å². The summed E-state index contributed by atoms with van der Waals surface area (Å²) < 4.78 is 18.7. The van der Waals surface area contributed by atoms with Gasteiger partial charge in [0.25, 0.3) is 0 Å². The number of rotatable bonds is 6. The lowest BCUT2D eigenvalue weighted by atomic mass is 10.0. The monoisotopic (exact) mass is 293 g/mol. The van der Waals surface area contributed by atoms with Crippen molar-refractivity contribution >= 4 is 11.3 Å². The maximum absolute atomic E-state index is 13.7. The summed E-state index contributed by atoms with van der Waals surface area (Å²) in [4.78, 5) is 1.34. The number of likely N-dealkylation sites (N-methyl/N-ethyl adjacent to an activating group) is 1. The van der Waals surface area contributed by atoms with Gasteiger partial charge in [0, 0.05) is 10.9 Å². The fourth-order valence-corrected chi connectivity index (χ4v) is 3.45. The van der Waals surface area contributed by atoms with Crippen molar-refractivity contribution in [3.63, 3.8) is 0 Å². The Morgan fingerprint density at radius 3 is 2.75 bits per heavy atom. The highest BCUT2D eigenvalue weighted by atomic mass is 32.1. The van der Waals surface area contributed by atoms with E-state index in [9.17, 15) is 4.39 Å². The SMILES string of the molecule is CCc1ccsc1C(Cc1ccc(OC)c(F)c1)NC. The lowest BCUT2D eigenvalue weighted by Gasteiger charge is -2.17. The first kappa shape index (κ1) is 15.0. The summed E-state index contributed by atoms with van der Waals surface area (Å²) >= 11 is 1.76. The van der Waals surface area contributed by atoms with Gasteiger partial charge in [0.1, 0.15) is 0 Å². The fourth-order valence-electron chi connectivity index (χ4n) is 2.34. The summed E-state index contributed by atoms with van der Waals surface area (Å²) in [5, 5.41) is 5.45. The Hall–Kier alpha value is -1.39. The minimum absolute atomic E-state index is 0.220. The second kappa shape index (κ2) is 6.86. The van der Waals surface area contributed by atoms with Crippen LogP contribution in [0.25, 0.3) is 0 Å². The van der Waals surface area contributed by atoms with Crippen LogP contribution in [-0.4, -0.2) is 14.2 Å². The van der Waals surface area contributed by atoms with E-state index < -0.39 is 0 Å². The second-order valence-corrected chi connectivity index (χ2v) is 5.63. The molecule has 0 aliphatic rings. The highest BCUT2D eigenvalue weighted by Crippen LogP contribution is 2.28. The number of halogens is 1. The van der Waals surface area contributed by atoms with E-state index in [4.69, 9.17) is 4.74 Å². The molecule has 2 rings (SSSR count). The summed E-state index contributed by atoms with van der Waals surface area (Å²) in [5.41, 5.74) is 2.33. The van der Waals surface area contributed by atoms with Crippen molar-refractivity contribution in [1.29, 1.82) is 0 Å². The number of aryl methyl sites for hydroxylation is 1. The molecule has 0 saturated carbocycles. The van der Waals surface area contributed by atoms with Gasteiger partial charge in [-0.15, -0.1) is 11.3 Å². The van der Waals surface area contributed by atoms with E-state index in [2.05, 4.69) is 23.7 Å². The van der Waals surface area contributed by atoms with Gasteiger partial charge in [-0.25, -0.2) is 4.39 Å². The van der Waals surface area contributed by atoms with Gasteiger partial charge in [0.05, 0.1) is 7.11 Å². The number of thiophene rings is 1. The van der Waals surface area contributed by atoms with Crippen LogP contribution in [0.4, 0.5) is 4.39 Å². The van der Waals surface area contributed by atoms with Crippen molar-refractivity contribution in [2.24, 2.45) is 0 Å². The molecule has 2 nitrogen and oxygen atoms in total. The molecular weight excluding hydrogens is 273 g/mol. The quantitative estimate of drug-likeness (QED) is 0.870. The second-order valence-electron chi connectivity index (χ2n) is 4.68. The Morgan fingerprint density at radius 2 is 2.15 bits per heavy atom. The van der Waals surface area contributed by atoms with E-state index in [1.165, 1.54) is 17.6 Å². The number of ether oxygens (including phenoxy) is 1. The molecule has 1 N–H and O–H groups in total. The molecule has 1 atom stereocenters. The first-order chi connectivity index (χ1) is 9.69. The molecule has 0 bridgehead atoms. The average Bonchev–Trinajstić information content (AvgIpc) is 2.93. The van der Waals surface area contributed by atoms with Crippen LogP contribution in [0.15, 0.2) is 29.6 Å². The van der Waals surface area contributed by atoms with Gasteiger partial charge < -0.3 is 10.1 Å². The molecule has 0 amide bonds. The van der Waals surface area contributed by atoms with Gasteiger partial charge in [-0.05, 0) is 54.6 Å². The van der Waals surface area contributed by atoms with Gasteiger partial charge in [-0.3, -0.25) is 0 Å². The zero-order valence-electron chi connectivity index (χ0n) is 12.1. The van der Waals surface area contributed by atoms with Crippen molar-refractivity contribution in [2.45, 2.75) is 25.8 Å². The first-order valence-electron chi connectivity index (χ1n) is 6.75. The molecule has 0 fully saturated rings. The number of hydrogen-bond donors (Lipinski definition) is 1. The molecule has 20 heavy (non-hydrogen) atoms. The van der Waals surface area contributed by atoms with E-state index in [0.29, 0.717) is 5.75 Å². The third-order valence-corrected chi connectivity index (χ3v) is 4.56. The van der Waals surface area contributed by atoms with Gasteiger partial charge in [0.2, 0.25) is 0 Å². The minimum Gasteiger partial charge on any atom is -0.494 e. The molecule has 4 heteroatoms. The molecule has 0 aliphatic heterocycles. The predicted octanol–water partition coefficient (Wildman–Crippen LogP) is 3.96. The molecule has 108 valence electrons. The third kappa shape index (κ3) is 3.19. The van der Waals surface area contributed by atoms with Crippen LogP contribution in [0.5, 0.6) is 5.75 Å². The topological polar surface area (TPSA) is 21.3 Å². The van der Waals surface area contributed by atoms with Crippen molar-refractivity contribution in [2.75, 3.05) is 14.2 Å². The summed E-state index contributed by atoms with van der Waals surface area (Å²) in [5.74, 6) is -0.0122. The molecule has 0 radical (unpaired) electrons. The number of methoxy groups -OCH3 is 1. The number of nitrogens with one attached hydrogen (secondary N) is 1. The molecule has 1 unspecified atom stereocenters. The van der Waals surface area contributed by atoms with Crippen molar-refractivity contribution in [3.8, 4) is 5.75 Å². The maximum Gasteiger partial charge on any atom is 0.165 e. The molecule has 0 saturated heterocycles. The summed E-state index contributed by atoms with van der Waals surface area (Å²) in [6, 6.07) is 7.55. The predicted molar refractivity (Wildman–Crippen MR) is 82.2 cm³/mol. The highest BCUT2D eigenvalue weighted by Gasteiger charge is 2.16. The van der Waals surface area contributed by atoms with Gasteiger partial charge in [-0.1, -0.05) is 13.0 Å². The van der Waals surface area contributed by atoms with Crippen LogP contribution in [-0.2, 0) is 12.8 Å². The Bertz CT molecular complexity index is 567. The molecule has 1 aromatic carbocycles. The normalized spacial score (nSPS) is 12.4. The fraction of sp³-hybridized carbons (Fsp3) is 0.375. The van der Waals surface area contributed by atoms with Crippen molar-refractivity contribution in [3.05, 3.63) is 51.5 Å². The summed E-state index contributed by atoms with van der Waals surface area (Å²) in [7, 11) is 3.43. The molecular formula is C16H20FNOS. The summed E-state index contributed by atoms with van der Waals surface area (Å²) in [6.45, 7) is 2.16. The number of benzene rings is 1. The van der Waals surface area contributed by atoms with E-state index in [1.54, 1.807) is 23.5 Å². The smallest absolute Gasteiger partial charge is 0.165 e. The summed E-state index contributed by atoms with van der Waals surface area (Å²) in [6.07, 6.45) is 1.79. The van der Waals surface area contributed by atoms with Crippen LogP contribution in [0, 0.1) is 5.82 Å². The van der Waals surface area contributed by atoms with E-state index >= 15 is 0 Å². The van der Waals surface area contributed by atoms with Crippen LogP contribution in [0.2, 0.25) is 0 Å². The minimum atomic E-state index is -0.304. The number of hydrogen-bond acceptors (Lipinski definition) is 3. The highest BCUT2D eigenvalue weighted by molar-refractivity contribution is 7.10. The Morgan fingerprint density at radius 1 is 1.35 bits per heavy atom. The Labute approximate surface area is 123 Å². The maximum atomic E-state index is 13.7. The lowest BCUT2D eigenvalue weighted by molar-refractivity contribution is 0.386. The zero-order chi connectivity index (χ0) is 14.5. The lowest BCUT2D eigenvalue weighted by Crippen LogP contribution is -2.19. The zero-order valence-corrected chi connectivity index (χ0v) is 12.9. The van der Waals surface area contributed by atoms with Crippen molar-refractivity contribution in [1.82, 2.24) is 5.32 Å². The van der Waals surface area contributed by atoms with E-state index in [-0.39, 0.29) is 11.9 Å².